The van der Waals surface area contributed by atoms with Crippen LogP contribution in [0.3, 0.4) is 0 Å². The van der Waals surface area contributed by atoms with Gasteiger partial charge in [-0.1, -0.05) is 0 Å². The maximum absolute atomic E-state index is 10.8. The van der Waals surface area contributed by atoms with Crippen LogP contribution >= 0.6 is 11.3 Å². The van der Waals surface area contributed by atoms with Crippen LogP contribution < -0.4 is 0 Å². The molecule has 82 valence electrons. The third-order valence-electron chi connectivity index (χ3n) is 1.74. The number of rotatable bonds is 4. The predicted molar refractivity (Wildman–Crippen MR) is 59.5 cm³/mol. The van der Waals surface area contributed by atoms with Gasteiger partial charge in [-0.3, -0.25) is 0 Å². The summed E-state index contributed by atoms with van der Waals surface area (Å²) in [4.78, 5) is 17.0. The number of aromatic nitrogens is 1. The number of hydrogen-bond donors (Lipinski definition) is 0. The van der Waals surface area contributed by atoms with Gasteiger partial charge >= 0.3 is 5.97 Å². The molecule has 0 aromatic carbocycles. The maximum atomic E-state index is 10.8. The van der Waals surface area contributed by atoms with E-state index in [-0.39, 0.29) is 5.97 Å². The van der Waals surface area contributed by atoms with E-state index in [0.717, 1.165) is 10.7 Å². The van der Waals surface area contributed by atoms with Gasteiger partial charge in [-0.05, 0) is 6.92 Å². The molecular formula is C10H14N2O2S. The number of carbonyl (C=O) groups excluding carboxylic acids is 1. The van der Waals surface area contributed by atoms with E-state index in [1.54, 1.807) is 17.5 Å². The molecule has 1 aromatic rings. The number of aryl methyl sites for hydroxylation is 1. The average Bonchev–Trinajstić information content (AvgIpc) is 2.60. The highest BCUT2D eigenvalue weighted by Crippen LogP contribution is 2.09. The van der Waals surface area contributed by atoms with E-state index in [1.165, 1.54) is 13.2 Å². The lowest BCUT2D eigenvalue weighted by Gasteiger charge is -2.11. The Bertz CT molecular complexity index is 360. The second-order valence-electron chi connectivity index (χ2n) is 3.11. The van der Waals surface area contributed by atoms with Crippen LogP contribution in [0.25, 0.3) is 0 Å². The highest BCUT2D eigenvalue weighted by atomic mass is 32.1. The van der Waals surface area contributed by atoms with Gasteiger partial charge in [0.2, 0.25) is 0 Å². The van der Waals surface area contributed by atoms with Crippen molar-refractivity contribution in [2.45, 2.75) is 13.5 Å². The van der Waals surface area contributed by atoms with E-state index in [4.69, 9.17) is 0 Å². The first-order chi connectivity index (χ1) is 7.11. The lowest BCUT2D eigenvalue weighted by molar-refractivity contribution is -0.134. The standard InChI is InChI=1S/C10H14N2O2S/c1-8-11-9(7-15-8)6-12(2)5-4-10(13)14-3/h4-5,7H,6H2,1-3H3. The number of hydrogen-bond acceptors (Lipinski definition) is 5. The Balaban J connectivity index is 2.45. The van der Waals surface area contributed by atoms with Gasteiger partial charge in [0.1, 0.15) is 0 Å². The van der Waals surface area contributed by atoms with Crippen molar-refractivity contribution in [3.05, 3.63) is 28.4 Å². The van der Waals surface area contributed by atoms with E-state index < -0.39 is 0 Å². The summed E-state index contributed by atoms with van der Waals surface area (Å²) >= 11 is 1.62. The second kappa shape index (κ2) is 5.50. The zero-order valence-electron chi connectivity index (χ0n) is 9.06. The van der Waals surface area contributed by atoms with E-state index in [0.29, 0.717) is 6.54 Å². The summed E-state index contributed by atoms with van der Waals surface area (Å²) in [5.74, 6) is -0.351. The smallest absolute Gasteiger partial charge is 0.331 e. The first kappa shape index (κ1) is 11.7. The molecule has 0 amide bonds. The number of ether oxygens (including phenoxy) is 1. The van der Waals surface area contributed by atoms with E-state index in [2.05, 4.69) is 9.72 Å². The fourth-order valence-corrected chi connectivity index (χ4v) is 1.65. The zero-order valence-corrected chi connectivity index (χ0v) is 9.87. The minimum Gasteiger partial charge on any atom is -0.466 e. The second-order valence-corrected chi connectivity index (χ2v) is 4.17. The Labute approximate surface area is 93.2 Å². The predicted octanol–water partition coefficient (Wildman–Crippen LogP) is 1.57. The number of nitrogens with zero attached hydrogens (tertiary/aromatic N) is 2. The lowest BCUT2D eigenvalue weighted by Crippen LogP contribution is -2.11. The first-order valence-electron chi connectivity index (χ1n) is 4.49. The van der Waals surface area contributed by atoms with Crippen molar-refractivity contribution in [1.82, 2.24) is 9.88 Å². The van der Waals surface area contributed by atoms with Gasteiger partial charge in [0.15, 0.2) is 0 Å². The molecule has 5 heteroatoms. The van der Waals surface area contributed by atoms with Crippen LogP contribution in [0.15, 0.2) is 17.7 Å². The van der Waals surface area contributed by atoms with Gasteiger partial charge in [0, 0.05) is 24.7 Å². The molecule has 0 fully saturated rings. The molecule has 0 aliphatic carbocycles. The fraction of sp³-hybridized carbons (Fsp3) is 0.400. The largest absolute Gasteiger partial charge is 0.466 e. The Kier molecular flexibility index (Phi) is 4.30. The van der Waals surface area contributed by atoms with Gasteiger partial charge in [-0.25, -0.2) is 9.78 Å². The summed E-state index contributed by atoms with van der Waals surface area (Å²) in [5, 5.41) is 3.06. The van der Waals surface area contributed by atoms with Crippen LogP contribution in [0.1, 0.15) is 10.7 Å². The normalized spacial score (nSPS) is 10.6. The molecule has 0 saturated heterocycles. The lowest BCUT2D eigenvalue weighted by atomic mass is 10.4. The van der Waals surface area contributed by atoms with Gasteiger partial charge in [0.25, 0.3) is 0 Å². The summed E-state index contributed by atoms with van der Waals surface area (Å²) < 4.78 is 4.49. The van der Waals surface area contributed by atoms with Gasteiger partial charge in [-0.15, -0.1) is 11.3 Å². The highest BCUT2D eigenvalue weighted by molar-refractivity contribution is 7.09. The van der Waals surface area contributed by atoms with Crippen LogP contribution in [0.5, 0.6) is 0 Å². The third-order valence-corrected chi connectivity index (χ3v) is 2.57. The number of thiazole rings is 1. The average molecular weight is 226 g/mol. The van der Waals surface area contributed by atoms with Crippen molar-refractivity contribution in [3.8, 4) is 0 Å². The molecule has 15 heavy (non-hydrogen) atoms. The number of carbonyl (C=O) groups is 1. The molecule has 0 radical (unpaired) electrons. The molecule has 0 aliphatic heterocycles. The van der Waals surface area contributed by atoms with Crippen LogP contribution in [0, 0.1) is 6.92 Å². The van der Waals surface area contributed by atoms with Crippen molar-refractivity contribution in [2.24, 2.45) is 0 Å². The number of esters is 1. The monoisotopic (exact) mass is 226 g/mol. The van der Waals surface area contributed by atoms with Gasteiger partial charge in [-0.2, -0.15) is 0 Å². The summed E-state index contributed by atoms with van der Waals surface area (Å²) in [6, 6.07) is 0. The van der Waals surface area contributed by atoms with Crippen LogP contribution in [0.4, 0.5) is 0 Å². The topological polar surface area (TPSA) is 42.4 Å². The molecule has 1 aromatic heterocycles. The van der Waals surface area contributed by atoms with Crippen LogP contribution in [-0.4, -0.2) is 30.0 Å². The van der Waals surface area contributed by atoms with Crippen LogP contribution in [0.2, 0.25) is 0 Å². The summed E-state index contributed by atoms with van der Waals surface area (Å²) in [6.07, 6.45) is 3.07. The van der Waals surface area contributed by atoms with Crippen molar-refractivity contribution in [3.63, 3.8) is 0 Å². The molecule has 0 aliphatic rings. The molecule has 0 unspecified atom stereocenters. The zero-order chi connectivity index (χ0) is 11.3. The molecule has 0 bridgehead atoms. The Morgan fingerprint density at radius 1 is 1.73 bits per heavy atom. The van der Waals surface area contributed by atoms with Crippen molar-refractivity contribution >= 4 is 17.3 Å². The van der Waals surface area contributed by atoms with Gasteiger partial charge in [0.05, 0.1) is 24.4 Å². The van der Waals surface area contributed by atoms with E-state index >= 15 is 0 Å². The molecule has 0 N–H and O–H groups in total. The highest BCUT2D eigenvalue weighted by Gasteiger charge is 2.00. The summed E-state index contributed by atoms with van der Waals surface area (Å²) in [7, 11) is 3.24. The molecule has 0 atom stereocenters. The minimum atomic E-state index is -0.351. The van der Waals surface area contributed by atoms with Crippen LogP contribution in [-0.2, 0) is 16.1 Å². The first-order valence-corrected chi connectivity index (χ1v) is 5.37. The molecule has 1 heterocycles. The SMILES string of the molecule is COC(=O)C=CN(C)Cc1csc(C)n1. The number of methoxy groups -OCH3 is 1. The Morgan fingerprint density at radius 3 is 3.00 bits per heavy atom. The molecule has 0 saturated carbocycles. The summed E-state index contributed by atoms with van der Waals surface area (Å²) in [6.45, 7) is 2.66. The van der Waals surface area contributed by atoms with Crippen molar-refractivity contribution < 1.29 is 9.53 Å². The quantitative estimate of drug-likeness (QED) is 0.577. The fourth-order valence-electron chi connectivity index (χ4n) is 1.05. The van der Waals surface area contributed by atoms with Crippen molar-refractivity contribution in [1.29, 1.82) is 0 Å². The van der Waals surface area contributed by atoms with E-state index in [9.17, 15) is 4.79 Å². The van der Waals surface area contributed by atoms with E-state index in [1.807, 2.05) is 24.3 Å². The minimum absolute atomic E-state index is 0.351. The molecule has 0 spiro atoms. The molecule has 4 nitrogen and oxygen atoms in total. The van der Waals surface area contributed by atoms with Crippen molar-refractivity contribution in [2.75, 3.05) is 14.2 Å². The molecular weight excluding hydrogens is 212 g/mol. The summed E-state index contributed by atoms with van der Waals surface area (Å²) in [5.41, 5.74) is 1.01. The third kappa shape index (κ3) is 4.12. The maximum Gasteiger partial charge on any atom is 0.331 e. The Morgan fingerprint density at radius 2 is 2.47 bits per heavy atom. The molecule has 1 rings (SSSR count). The van der Waals surface area contributed by atoms with Gasteiger partial charge < -0.3 is 9.64 Å². The Hall–Kier alpha value is -1.36.